The van der Waals surface area contributed by atoms with Crippen molar-refractivity contribution in [1.29, 1.82) is 0 Å². The highest BCUT2D eigenvalue weighted by molar-refractivity contribution is 5.90. The first-order chi connectivity index (χ1) is 14.4. The molecule has 0 amide bonds. The average Bonchev–Trinajstić information content (AvgIpc) is 3.07. The summed E-state index contributed by atoms with van der Waals surface area (Å²) in [7, 11) is 0. The normalized spacial score (nSPS) is 17.0. The van der Waals surface area contributed by atoms with E-state index in [-0.39, 0.29) is 12.2 Å². The standard InChI is InChI=1S/C23H23N3O4/c1-4-13-14-7-12(24-11(2)3)5-6-18(14)25-20-16(13)9-26-19(20)8-15-17(22(26)28)10-30-23(29)21(15)27/h5-8,11,21,24,27H,4,9-10H2,1-3H3/t21-/m0/s1. The summed E-state index contributed by atoms with van der Waals surface area (Å²) in [5.74, 6) is -0.726. The van der Waals surface area contributed by atoms with Gasteiger partial charge in [-0.25, -0.2) is 9.78 Å². The van der Waals surface area contributed by atoms with Gasteiger partial charge in [-0.05, 0) is 50.1 Å². The fourth-order valence-electron chi connectivity index (χ4n) is 4.54. The third kappa shape index (κ3) is 2.65. The summed E-state index contributed by atoms with van der Waals surface area (Å²) in [5.41, 5.74) is 5.90. The summed E-state index contributed by atoms with van der Waals surface area (Å²) >= 11 is 0. The van der Waals surface area contributed by atoms with Crippen LogP contribution in [0.3, 0.4) is 0 Å². The number of nitrogens with zero attached hydrogens (tertiary/aromatic N) is 2. The molecule has 1 atom stereocenters. The van der Waals surface area contributed by atoms with Crippen molar-refractivity contribution in [2.75, 3.05) is 5.32 Å². The number of ether oxygens (including phenoxy) is 1. The molecule has 0 saturated carbocycles. The van der Waals surface area contributed by atoms with Gasteiger partial charge in [0.25, 0.3) is 5.56 Å². The van der Waals surface area contributed by atoms with Crippen molar-refractivity contribution in [3.05, 3.63) is 56.9 Å². The zero-order valence-electron chi connectivity index (χ0n) is 17.2. The van der Waals surface area contributed by atoms with E-state index >= 15 is 0 Å². The van der Waals surface area contributed by atoms with Crippen molar-refractivity contribution in [1.82, 2.24) is 9.55 Å². The van der Waals surface area contributed by atoms with Crippen LogP contribution in [-0.4, -0.2) is 26.7 Å². The molecule has 7 nitrogen and oxygen atoms in total. The van der Waals surface area contributed by atoms with Gasteiger partial charge in [0, 0.05) is 28.2 Å². The van der Waals surface area contributed by atoms with Crippen LogP contribution in [0.4, 0.5) is 5.69 Å². The highest BCUT2D eigenvalue weighted by Gasteiger charge is 2.34. The van der Waals surface area contributed by atoms with E-state index in [9.17, 15) is 14.7 Å². The summed E-state index contributed by atoms with van der Waals surface area (Å²) in [6.45, 7) is 6.61. The SMILES string of the molecule is CCc1c2c(nc3ccc(NC(C)C)cc13)-c1cc3c(c(=O)n1C2)COC(=O)[C@H]3O. The Morgan fingerprint density at radius 3 is 2.80 bits per heavy atom. The molecule has 1 aromatic carbocycles. The van der Waals surface area contributed by atoms with Gasteiger partial charge in [-0.1, -0.05) is 6.92 Å². The molecule has 2 aromatic heterocycles. The van der Waals surface area contributed by atoms with E-state index in [1.165, 1.54) is 0 Å². The van der Waals surface area contributed by atoms with E-state index in [1.807, 2.05) is 12.1 Å². The molecule has 0 radical (unpaired) electrons. The number of anilines is 1. The molecule has 7 heteroatoms. The third-order valence-corrected chi connectivity index (χ3v) is 5.88. The minimum absolute atomic E-state index is 0.110. The first-order valence-electron chi connectivity index (χ1n) is 10.2. The van der Waals surface area contributed by atoms with Gasteiger partial charge in [0.1, 0.15) is 6.61 Å². The van der Waals surface area contributed by atoms with Crippen molar-refractivity contribution in [2.45, 2.75) is 52.5 Å². The third-order valence-electron chi connectivity index (χ3n) is 5.88. The fraction of sp³-hybridized carbons (Fsp3) is 0.348. The van der Waals surface area contributed by atoms with Gasteiger partial charge in [0.15, 0.2) is 6.10 Å². The number of nitrogens with one attached hydrogen (secondary N) is 1. The molecule has 0 saturated heterocycles. The van der Waals surface area contributed by atoms with E-state index in [2.05, 4.69) is 32.2 Å². The van der Waals surface area contributed by atoms with Crippen LogP contribution in [0.1, 0.15) is 49.1 Å². The lowest BCUT2D eigenvalue weighted by Gasteiger charge is -2.21. The molecular formula is C23H23N3O4. The molecular weight excluding hydrogens is 382 g/mol. The van der Waals surface area contributed by atoms with Crippen LogP contribution in [0.25, 0.3) is 22.3 Å². The van der Waals surface area contributed by atoms with Gasteiger partial charge in [-0.2, -0.15) is 0 Å². The highest BCUT2D eigenvalue weighted by atomic mass is 16.5. The van der Waals surface area contributed by atoms with Crippen LogP contribution >= 0.6 is 0 Å². The van der Waals surface area contributed by atoms with Crippen LogP contribution < -0.4 is 10.9 Å². The number of carbonyl (C=O) groups is 1. The molecule has 5 rings (SSSR count). The minimum atomic E-state index is -1.44. The summed E-state index contributed by atoms with van der Waals surface area (Å²) in [5, 5.41) is 14.8. The second-order valence-corrected chi connectivity index (χ2v) is 8.17. The lowest BCUT2D eigenvalue weighted by molar-refractivity contribution is -0.157. The number of hydrogen-bond donors (Lipinski definition) is 2. The summed E-state index contributed by atoms with van der Waals surface area (Å²) in [6.07, 6.45) is -0.633. The zero-order chi connectivity index (χ0) is 21.2. The van der Waals surface area contributed by atoms with Crippen LogP contribution in [0.5, 0.6) is 0 Å². The maximum Gasteiger partial charge on any atom is 0.340 e. The molecule has 4 heterocycles. The number of cyclic esters (lactones) is 1. The first-order valence-corrected chi connectivity index (χ1v) is 10.2. The predicted octanol–water partition coefficient (Wildman–Crippen LogP) is 2.90. The van der Waals surface area contributed by atoms with Crippen LogP contribution in [-0.2, 0) is 29.1 Å². The number of aromatic nitrogens is 2. The Morgan fingerprint density at radius 1 is 1.27 bits per heavy atom. The molecule has 0 aliphatic carbocycles. The van der Waals surface area contributed by atoms with Crippen molar-refractivity contribution < 1.29 is 14.6 Å². The van der Waals surface area contributed by atoms with Crippen LogP contribution in [0.2, 0.25) is 0 Å². The number of rotatable bonds is 3. The lowest BCUT2D eigenvalue weighted by atomic mass is 9.97. The Balaban J connectivity index is 1.74. The number of pyridine rings is 2. The number of benzene rings is 1. The number of aliphatic hydroxyl groups excluding tert-OH is 1. The number of hydrogen-bond acceptors (Lipinski definition) is 6. The van der Waals surface area contributed by atoms with Crippen LogP contribution in [0, 0.1) is 0 Å². The quantitative estimate of drug-likeness (QED) is 0.509. The molecule has 2 aliphatic heterocycles. The maximum absolute atomic E-state index is 13.1. The smallest absolute Gasteiger partial charge is 0.340 e. The molecule has 30 heavy (non-hydrogen) atoms. The largest absolute Gasteiger partial charge is 0.458 e. The maximum atomic E-state index is 13.1. The van der Waals surface area contributed by atoms with Gasteiger partial charge in [-0.3, -0.25) is 4.79 Å². The second-order valence-electron chi connectivity index (χ2n) is 8.17. The van der Waals surface area contributed by atoms with E-state index in [4.69, 9.17) is 9.72 Å². The molecule has 154 valence electrons. The summed E-state index contributed by atoms with van der Waals surface area (Å²) in [6, 6.07) is 8.16. The molecule has 0 spiro atoms. The van der Waals surface area contributed by atoms with Gasteiger partial charge in [0.2, 0.25) is 0 Å². The molecule has 0 fully saturated rings. The number of carbonyl (C=O) groups excluding carboxylic acids is 1. The van der Waals surface area contributed by atoms with Crippen molar-refractivity contribution in [3.63, 3.8) is 0 Å². The van der Waals surface area contributed by atoms with E-state index in [1.54, 1.807) is 10.6 Å². The highest BCUT2D eigenvalue weighted by Crippen LogP contribution is 2.38. The number of aryl methyl sites for hydroxylation is 1. The van der Waals surface area contributed by atoms with Crippen molar-refractivity contribution in [3.8, 4) is 11.4 Å². The number of fused-ring (bicyclic) bond motifs is 5. The molecule has 2 aliphatic rings. The lowest BCUT2D eigenvalue weighted by Crippen LogP contribution is -2.32. The van der Waals surface area contributed by atoms with E-state index in [0.717, 1.165) is 39.8 Å². The number of esters is 1. The van der Waals surface area contributed by atoms with Gasteiger partial charge >= 0.3 is 5.97 Å². The van der Waals surface area contributed by atoms with Gasteiger partial charge in [0.05, 0.1) is 29.0 Å². The number of aliphatic hydroxyl groups is 1. The molecule has 3 aromatic rings. The van der Waals surface area contributed by atoms with E-state index < -0.39 is 12.1 Å². The molecule has 0 unspecified atom stereocenters. The average molecular weight is 405 g/mol. The Bertz CT molecular complexity index is 1280. The van der Waals surface area contributed by atoms with Gasteiger partial charge < -0.3 is 19.7 Å². The first kappa shape index (κ1) is 18.8. The second kappa shape index (κ2) is 6.67. The van der Waals surface area contributed by atoms with Crippen molar-refractivity contribution in [2.24, 2.45) is 0 Å². The van der Waals surface area contributed by atoms with Crippen molar-refractivity contribution >= 4 is 22.6 Å². The monoisotopic (exact) mass is 405 g/mol. The van der Waals surface area contributed by atoms with Crippen LogP contribution in [0.15, 0.2) is 29.1 Å². The van der Waals surface area contributed by atoms with E-state index in [0.29, 0.717) is 29.4 Å². The summed E-state index contributed by atoms with van der Waals surface area (Å²) in [4.78, 5) is 29.8. The molecule has 0 bridgehead atoms. The minimum Gasteiger partial charge on any atom is -0.458 e. The Hall–Kier alpha value is -3.19. The predicted molar refractivity (Wildman–Crippen MR) is 113 cm³/mol. The molecule has 2 N–H and O–H groups in total. The Labute approximate surface area is 173 Å². The van der Waals surface area contributed by atoms with Gasteiger partial charge in [-0.15, -0.1) is 0 Å². The summed E-state index contributed by atoms with van der Waals surface area (Å²) < 4.78 is 6.64. The Kier molecular flexibility index (Phi) is 4.18. The topological polar surface area (TPSA) is 93.5 Å². The Morgan fingerprint density at radius 2 is 2.07 bits per heavy atom. The fourth-order valence-corrected chi connectivity index (χ4v) is 4.54. The zero-order valence-corrected chi connectivity index (χ0v) is 17.2.